The second-order valence-corrected chi connectivity index (χ2v) is 5.01. The Morgan fingerprint density at radius 1 is 1.14 bits per heavy atom. The number of nitrogens with one attached hydrogen (secondary N) is 1. The van der Waals surface area contributed by atoms with Gasteiger partial charge in [-0.3, -0.25) is 0 Å². The summed E-state index contributed by atoms with van der Waals surface area (Å²) in [6.45, 7) is 2.64. The van der Waals surface area contributed by atoms with Crippen LogP contribution in [0.5, 0.6) is 11.5 Å². The predicted molar refractivity (Wildman–Crippen MR) is 83.8 cm³/mol. The predicted octanol–water partition coefficient (Wildman–Crippen LogP) is 3.46. The number of hydrogen-bond acceptors (Lipinski definition) is 4. The first-order valence-corrected chi connectivity index (χ1v) is 6.97. The molecule has 0 bridgehead atoms. The van der Waals surface area contributed by atoms with Gasteiger partial charge in [0.05, 0.1) is 12.6 Å². The number of benzene rings is 2. The maximum atomic E-state index is 9.93. The lowest BCUT2D eigenvalue weighted by molar-refractivity contribution is 0.202. The molecular formula is C17H21NO3. The zero-order valence-corrected chi connectivity index (χ0v) is 12.3. The van der Waals surface area contributed by atoms with Crippen LogP contribution in [0.4, 0.5) is 5.69 Å². The molecule has 1 unspecified atom stereocenters. The van der Waals surface area contributed by atoms with E-state index in [-0.39, 0.29) is 17.5 Å². The Morgan fingerprint density at radius 3 is 2.62 bits per heavy atom. The number of ether oxygens (including phenoxy) is 1. The molecule has 4 heteroatoms. The SMILES string of the molecule is COCCc1ccccc1NC(C)c1ccc(O)cc1O. The largest absolute Gasteiger partial charge is 0.508 e. The minimum Gasteiger partial charge on any atom is -0.508 e. The van der Waals surface area contributed by atoms with Crippen LogP contribution in [0.15, 0.2) is 42.5 Å². The molecule has 0 aliphatic heterocycles. The summed E-state index contributed by atoms with van der Waals surface area (Å²) in [4.78, 5) is 0. The van der Waals surface area contributed by atoms with Crippen LogP contribution >= 0.6 is 0 Å². The zero-order chi connectivity index (χ0) is 15.2. The third kappa shape index (κ3) is 3.89. The lowest BCUT2D eigenvalue weighted by Crippen LogP contribution is -2.09. The summed E-state index contributed by atoms with van der Waals surface area (Å²) < 4.78 is 5.13. The quantitative estimate of drug-likeness (QED) is 0.761. The molecule has 0 aliphatic carbocycles. The van der Waals surface area contributed by atoms with E-state index >= 15 is 0 Å². The molecule has 21 heavy (non-hydrogen) atoms. The van der Waals surface area contributed by atoms with Gasteiger partial charge in [0.2, 0.25) is 0 Å². The average molecular weight is 287 g/mol. The van der Waals surface area contributed by atoms with E-state index in [4.69, 9.17) is 4.74 Å². The Bertz CT molecular complexity index is 598. The minimum atomic E-state index is -0.0747. The first kappa shape index (κ1) is 15.2. The second kappa shape index (κ2) is 6.99. The van der Waals surface area contributed by atoms with Gasteiger partial charge >= 0.3 is 0 Å². The van der Waals surface area contributed by atoms with Gasteiger partial charge in [-0.25, -0.2) is 0 Å². The third-order valence-electron chi connectivity index (χ3n) is 3.45. The molecule has 0 amide bonds. The van der Waals surface area contributed by atoms with E-state index in [9.17, 15) is 10.2 Å². The third-order valence-corrected chi connectivity index (χ3v) is 3.45. The van der Waals surface area contributed by atoms with E-state index in [0.29, 0.717) is 6.61 Å². The van der Waals surface area contributed by atoms with E-state index < -0.39 is 0 Å². The number of phenolic OH excluding ortho intramolecular Hbond substituents is 2. The van der Waals surface area contributed by atoms with Crippen molar-refractivity contribution in [1.82, 2.24) is 0 Å². The maximum absolute atomic E-state index is 9.93. The van der Waals surface area contributed by atoms with Gasteiger partial charge in [0.15, 0.2) is 0 Å². The number of para-hydroxylation sites is 1. The van der Waals surface area contributed by atoms with Crippen molar-refractivity contribution in [2.75, 3.05) is 19.0 Å². The standard InChI is InChI=1S/C17H21NO3/c1-12(15-8-7-14(19)11-17(15)20)18-16-6-4-3-5-13(16)9-10-21-2/h3-8,11-12,18-20H,9-10H2,1-2H3. The molecule has 2 aromatic carbocycles. The molecular weight excluding hydrogens is 266 g/mol. The van der Waals surface area contributed by atoms with E-state index in [1.807, 2.05) is 25.1 Å². The van der Waals surface area contributed by atoms with Crippen molar-refractivity contribution in [2.24, 2.45) is 0 Å². The highest BCUT2D eigenvalue weighted by atomic mass is 16.5. The summed E-state index contributed by atoms with van der Waals surface area (Å²) in [5, 5.41) is 22.7. The van der Waals surface area contributed by atoms with Crippen LogP contribution in [0.3, 0.4) is 0 Å². The summed E-state index contributed by atoms with van der Waals surface area (Å²) >= 11 is 0. The lowest BCUT2D eigenvalue weighted by atomic mass is 10.0. The molecule has 0 radical (unpaired) electrons. The van der Waals surface area contributed by atoms with Gasteiger partial charge in [-0.05, 0) is 37.1 Å². The summed E-state index contributed by atoms with van der Waals surface area (Å²) in [6, 6.07) is 12.6. The monoisotopic (exact) mass is 287 g/mol. The number of anilines is 1. The molecule has 0 saturated carbocycles. The molecule has 0 spiro atoms. The highest BCUT2D eigenvalue weighted by Gasteiger charge is 2.12. The van der Waals surface area contributed by atoms with E-state index in [1.54, 1.807) is 19.2 Å². The lowest BCUT2D eigenvalue weighted by Gasteiger charge is -2.19. The van der Waals surface area contributed by atoms with Crippen LogP contribution in [0.1, 0.15) is 24.1 Å². The van der Waals surface area contributed by atoms with Gasteiger partial charge in [0, 0.05) is 24.4 Å². The van der Waals surface area contributed by atoms with Crippen molar-refractivity contribution < 1.29 is 14.9 Å². The number of phenols is 2. The van der Waals surface area contributed by atoms with Crippen molar-refractivity contribution in [2.45, 2.75) is 19.4 Å². The fourth-order valence-corrected chi connectivity index (χ4v) is 2.30. The van der Waals surface area contributed by atoms with Crippen LogP contribution in [-0.4, -0.2) is 23.9 Å². The van der Waals surface area contributed by atoms with Crippen LogP contribution in [0.25, 0.3) is 0 Å². The Morgan fingerprint density at radius 2 is 1.90 bits per heavy atom. The summed E-state index contributed by atoms with van der Waals surface area (Å²) in [5.41, 5.74) is 2.94. The molecule has 1 atom stereocenters. The molecule has 0 aliphatic rings. The normalized spacial score (nSPS) is 12.1. The summed E-state index contributed by atoms with van der Waals surface area (Å²) in [7, 11) is 1.69. The average Bonchev–Trinajstić information content (AvgIpc) is 2.46. The number of rotatable bonds is 6. The van der Waals surface area contributed by atoms with Crippen molar-refractivity contribution >= 4 is 5.69 Å². The molecule has 2 rings (SSSR count). The second-order valence-electron chi connectivity index (χ2n) is 5.01. The van der Waals surface area contributed by atoms with Crippen molar-refractivity contribution in [3.05, 3.63) is 53.6 Å². The highest BCUT2D eigenvalue weighted by molar-refractivity contribution is 5.54. The fraction of sp³-hybridized carbons (Fsp3) is 0.294. The molecule has 4 nitrogen and oxygen atoms in total. The Labute approximate surface area is 125 Å². The molecule has 0 heterocycles. The van der Waals surface area contributed by atoms with Crippen LogP contribution in [0.2, 0.25) is 0 Å². The molecule has 0 aromatic heterocycles. The Hall–Kier alpha value is -2.20. The maximum Gasteiger partial charge on any atom is 0.124 e. The van der Waals surface area contributed by atoms with Gasteiger partial charge in [-0.1, -0.05) is 18.2 Å². The van der Waals surface area contributed by atoms with Gasteiger partial charge in [0.25, 0.3) is 0 Å². The van der Waals surface area contributed by atoms with Gasteiger partial charge in [-0.2, -0.15) is 0 Å². The summed E-state index contributed by atoms with van der Waals surface area (Å²) in [6.07, 6.45) is 0.827. The Balaban J connectivity index is 2.17. The van der Waals surface area contributed by atoms with Crippen LogP contribution in [-0.2, 0) is 11.2 Å². The van der Waals surface area contributed by atoms with E-state index in [0.717, 1.165) is 17.7 Å². The first-order valence-electron chi connectivity index (χ1n) is 6.97. The zero-order valence-electron chi connectivity index (χ0n) is 12.3. The van der Waals surface area contributed by atoms with E-state index in [1.165, 1.54) is 11.6 Å². The smallest absolute Gasteiger partial charge is 0.124 e. The van der Waals surface area contributed by atoms with Crippen LogP contribution in [0, 0.1) is 0 Å². The fourth-order valence-electron chi connectivity index (χ4n) is 2.30. The highest BCUT2D eigenvalue weighted by Crippen LogP contribution is 2.30. The van der Waals surface area contributed by atoms with Gasteiger partial charge in [0.1, 0.15) is 11.5 Å². The number of methoxy groups -OCH3 is 1. The molecule has 0 fully saturated rings. The van der Waals surface area contributed by atoms with Crippen LogP contribution < -0.4 is 5.32 Å². The van der Waals surface area contributed by atoms with E-state index in [2.05, 4.69) is 11.4 Å². The van der Waals surface area contributed by atoms with Crippen molar-refractivity contribution in [3.63, 3.8) is 0 Å². The molecule has 112 valence electrons. The van der Waals surface area contributed by atoms with Gasteiger partial charge < -0.3 is 20.3 Å². The molecule has 0 saturated heterocycles. The molecule has 3 N–H and O–H groups in total. The van der Waals surface area contributed by atoms with Crippen molar-refractivity contribution in [1.29, 1.82) is 0 Å². The Kier molecular flexibility index (Phi) is 5.06. The molecule has 2 aromatic rings. The topological polar surface area (TPSA) is 61.7 Å². The number of hydrogen-bond donors (Lipinski definition) is 3. The summed E-state index contributed by atoms with van der Waals surface area (Å²) in [5.74, 6) is 0.147. The number of aromatic hydroxyl groups is 2. The minimum absolute atomic E-state index is 0.0592. The first-order chi connectivity index (χ1) is 10.1. The van der Waals surface area contributed by atoms with Crippen molar-refractivity contribution in [3.8, 4) is 11.5 Å². The van der Waals surface area contributed by atoms with Gasteiger partial charge in [-0.15, -0.1) is 0 Å².